The highest BCUT2D eigenvalue weighted by atomic mass is 19.4. The third kappa shape index (κ3) is 5.74. The molecule has 1 amide bonds. The molecule has 0 unspecified atom stereocenters. The Morgan fingerprint density at radius 3 is 2.53 bits per heavy atom. The van der Waals surface area contributed by atoms with E-state index in [1.807, 2.05) is 4.90 Å². The fourth-order valence-corrected chi connectivity index (χ4v) is 3.17. The molecule has 1 aliphatic heterocycles. The number of ether oxygens (including phenoxy) is 2. The number of piperidine rings is 1. The zero-order valence-electron chi connectivity index (χ0n) is 16.5. The first-order chi connectivity index (χ1) is 14.4. The Bertz CT molecular complexity index is 838. The van der Waals surface area contributed by atoms with Crippen molar-refractivity contribution in [3.63, 3.8) is 0 Å². The van der Waals surface area contributed by atoms with Crippen LogP contribution < -0.4 is 19.7 Å². The molecule has 1 saturated heterocycles. The molecule has 0 aliphatic carbocycles. The molecule has 2 aromatic rings. The van der Waals surface area contributed by atoms with Gasteiger partial charge in [-0.1, -0.05) is 0 Å². The lowest BCUT2D eigenvalue weighted by atomic mass is 9.96. The number of carbonyl (C=O) groups excluding carboxylic acids is 1. The Hall–Kier alpha value is -3.04. The molecule has 1 fully saturated rings. The predicted octanol–water partition coefficient (Wildman–Crippen LogP) is 2.92. The number of methoxy groups -OCH3 is 1. The molecule has 1 N–H and O–H groups in total. The average molecular weight is 424 g/mol. The van der Waals surface area contributed by atoms with E-state index < -0.39 is 11.7 Å². The van der Waals surface area contributed by atoms with E-state index in [0.717, 1.165) is 12.1 Å². The topological polar surface area (TPSA) is 76.6 Å². The highest BCUT2D eigenvalue weighted by Gasteiger charge is 2.30. The van der Waals surface area contributed by atoms with Gasteiger partial charge in [-0.2, -0.15) is 18.2 Å². The number of benzene rings is 1. The number of carbonyl (C=O) groups is 1. The Balaban J connectivity index is 1.38. The summed E-state index contributed by atoms with van der Waals surface area (Å²) in [4.78, 5) is 22.9. The van der Waals surface area contributed by atoms with Gasteiger partial charge in [0.05, 0.1) is 19.2 Å². The molecule has 0 radical (unpaired) electrons. The van der Waals surface area contributed by atoms with Crippen molar-refractivity contribution in [2.24, 2.45) is 5.92 Å². The van der Waals surface area contributed by atoms with E-state index in [1.165, 1.54) is 12.1 Å². The normalized spacial score (nSPS) is 15.0. The van der Waals surface area contributed by atoms with Gasteiger partial charge in [0, 0.05) is 31.3 Å². The molecule has 7 nitrogen and oxygen atoms in total. The van der Waals surface area contributed by atoms with Crippen LogP contribution in [0.2, 0.25) is 0 Å². The number of halogens is 3. The van der Waals surface area contributed by atoms with E-state index in [1.54, 1.807) is 19.4 Å². The van der Waals surface area contributed by atoms with Crippen molar-refractivity contribution in [2.45, 2.75) is 19.0 Å². The zero-order valence-corrected chi connectivity index (χ0v) is 16.5. The van der Waals surface area contributed by atoms with Gasteiger partial charge in [0.1, 0.15) is 12.4 Å². The summed E-state index contributed by atoms with van der Waals surface area (Å²) in [6, 6.07) is 6.14. The second-order valence-electron chi connectivity index (χ2n) is 6.82. The number of amides is 1. The number of nitrogens with zero attached hydrogens (tertiary/aromatic N) is 3. The summed E-state index contributed by atoms with van der Waals surface area (Å²) in [6.45, 7) is 1.77. The van der Waals surface area contributed by atoms with Crippen LogP contribution in [0.3, 0.4) is 0 Å². The minimum atomic E-state index is -4.37. The van der Waals surface area contributed by atoms with E-state index in [9.17, 15) is 18.0 Å². The van der Waals surface area contributed by atoms with Crippen LogP contribution >= 0.6 is 0 Å². The Morgan fingerprint density at radius 2 is 1.90 bits per heavy atom. The second kappa shape index (κ2) is 9.64. The lowest BCUT2D eigenvalue weighted by molar-refractivity contribution is -0.137. The third-order valence-electron chi connectivity index (χ3n) is 4.83. The monoisotopic (exact) mass is 424 g/mol. The minimum Gasteiger partial charge on any atom is -0.492 e. The molecule has 3 rings (SSSR count). The first-order valence-electron chi connectivity index (χ1n) is 9.56. The van der Waals surface area contributed by atoms with Crippen LogP contribution in [-0.4, -0.2) is 49.2 Å². The summed E-state index contributed by atoms with van der Waals surface area (Å²) in [5.41, 5.74) is -0.728. The number of hydrogen-bond donors (Lipinski definition) is 1. The Labute approximate surface area is 172 Å². The van der Waals surface area contributed by atoms with Gasteiger partial charge < -0.3 is 19.7 Å². The van der Waals surface area contributed by atoms with Crippen molar-refractivity contribution >= 4 is 11.9 Å². The summed E-state index contributed by atoms with van der Waals surface area (Å²) in [6.07, 6.45) is -1.39. The van der Waals surface area contributed by atoms with Crippen LogP contribution in [0.5, 0.6) is 11.6 Å². The maximum Gasteiger partial charge on any atom is 0.416 e. The standard InChI is InChI=1S/C20H23F3N4O3/c1-29-17-6-9-25-19(26-17)27-11-7-14(8-12-27)18(28)24-10-13-30-16-4-2-15(3-5-16)20(21,22)23/h2-6,9,14H,7-8,10-13H2,1H3,(H,24,28). The number of aromatic nitrogens is 2. The van der Waals surface area contributed by atoms with E-state index in [4.69, 9.17) is 9.47 Å². The maximum absolute atomic E-state index is 12.5. The van der Waals surface area contributed by atoms with E-state index in [0.29, 0.717) is 43.5 Å². The lowest BCUT2D eigenvalue weighted by Gasteiger charge is -2.31. The van der Waals surface area contributed by atoms with Crippen LogP contribution in [0.15, 0.2) is 36.5 Å². The Kier molecular flexibility index (Phi) is 6.96. The van der Waals surface area contributed by atoms with Gasteiger partial charge in [-0.3, -0.25) is 4.79 Å². The van der Waals surface area contributed by atoms with Crippen molar-refractivity contribution in [1.29, 1.82) is 0 Å². The molecule has 1 aromatic carbocycles. The molecule has 1 aromatic heterocycles. The summed E-state index contributed by atoms with van der Waals surface area (Å²) in [5, 5.41) is 2.82. The van der Waals surface area contributed by atoms with Gasteiger partial charge in [-0.15, -0.1) is 0 Å². The lowest BCUT2D eigenvalue weighted by Crippen LogP contribution is -2.42. The van der Waals surface area contributed by atoms with E-state index in [-0.39, 0.29) is 25.0 Å². The smallest absolute Gasteiger partial charge is 0.416 e. The predicted molar refractivity (Wildman–Crippen MR) is 103 cm³/mol. The minimum absolute atomic E-state index is 0.0581. The summed E-state index contributed by atoms with van der Waals surface area (Å²) in [7, 11) is 1.55. The van der Waals surface area contributed by atoms with Gasteiger partial charge in [0.15, 0.2) is 0 Å². The van der Waals surface area contributed by atoms with Crippen molar-refractivity contribution in [2.75, 3.05) is 38.3 Å². The molecule has 162 valence electrons. The molecular weight excluding hydrogens is 401 g/mol. The largest absolute Gasteiger partial charge is 0.492 e. The van der Waals surface area contributed by atoms with Gasteiger partial charge >= 0.3 is 6.18 Å². The molecule has 0 bridgehead atoms. The SMILES string of the molecule is COc1ccnc(N2CCC(C(=O)NCCOc3ccc(C(F)(F)F)cc3)CC2)n1. The van der Waals surface area contributed by atoms with Gasteiger partial charge in [0.25, 0.3) is 0 Å². The highest BCUT2D eigenvalue weighted by molar-refractivity contribution is 5.78. The number of rotatable bonds is 7. The fraction of sp³-hybridized carbons (Fsp3) is 0.450. The van der Waals surface area contributed by atoms with Crippen molar-refractivity contribution in [1.82, 2.24) is 15.3 Å². The molecule has 0 saturated carbocycles. The molecule has 2 heterocycles. The fourth-order valence-electron chi connectivity index (χ4n) is 3.17. The van der Waals surface area contributed by atoms with Crippen LogP contribution in [0.4, 0.5) is 19.1 Å². The molecular formula is C20H23F3N4O3. The summed E-state index contributed by atoms with van der Waals surface area (Å²) >= 11 is 0. The Morgan fingerprint density at radius 1 is 1.20 bits per heavy atom. The second-order valence-corrected chi connectivity index (χ2v) is 6.82. The number of hydrogen-bond acceptors (Lipinski definition) is 6. The number of alkyl halides is 3. The zero-order chi connectivity index (χ0) is 21.6. The summed E-state index contributed by atoms with van der Waals surface area (Å²) in [5.74, 6) is 1.23. The van der Waals surface area contributed by atoms with Gasteiger partial charge in [0.2, 0.25) is 17.7 Å². The van der Waals surface area contributed by atoms with E-state index >= 15 is 0 Å². The molecule has 10 heteroatoms. The van der Waals surface area contributed by atoms with Gasteiger partial charge in [-0.05, 0) is 37.1 Å². The van der Waals surface area contributed by atoms with Crippen molar-refractivity contribution < 1.29 is 27.4 Å². The third-order valence-corrected chi connectivity index (χ3v) is 4.83. The first-order valence-corrected chi connectivity index (χ1v) is 9.56. The van der Waals surface area contributed by atoms with Crippen LogP contribution in [-0.2, 0) is 11.0 Å². The number of anilines is 1. The van der Waals surface area contributed by atoms with Crippen molar-refractivity contribution in [3.8, 4) is 11.6 Å². The summed E-state index contributed by atoms with van der Waals surface area (Å²) < 4.78 is 48.1. The average Bonchev–Trinajstić information content (AvgIpc) is 2.76. The molecule has 0 atom stereocenters. The number of nitrogens with one attached hydrogen (secondary N) is 1. The molecule has 30 heavy (non-hydrogen) atoms. The van der Waals surface area contributed by atoms with Crippen LogP contribution in [0.25, 0.3) is 0 Å². The van der Waals surface area contributed by atoms with Crippen molar-refractivity contribution in [3.05, 3.63) is 42.1 Å². The quantitative estimate of drug-likeness (QED) is 0.689. The van der Waals surface area contributed by atoms with Crippen LogP contribution in [0, 0.1) is 5.92 Å². The van der Waals surface area contributed by atoms with E-state index in [2.05, 4.69) is 15.3 Å². The molecule has 1 aliphatic rings. The van der Waals surface area contributed by atoms with Gasteiger partial charge in [-0.25, -0.2) is 4.98 Å². The first kappa shape index (κ1) is 21.7. The maximum atomic E-state index is 12.5. The molecule has 0 spiro atoms. The van der Waals surface area contributed by atoms with Crippen LogP contribution in [0.1, 0.15) is 18.4 Å². The highest BCUT2D eigenvalue weighted by Crippen LogP contribution is 2.30.